The molecule has 0 spiro atoms. The Balaban J connectivity index is 0.000000419. The minimum Gasteiger partial charge on any atom is -0.490 e. The minimum atomic E-state index is -0.339. The maximum atomic E-state index is 11.0. The van der Waals surface area contributed by atoms with E-state index in [2.05, 4.69) is 25.3 Å². The van der Waals surface area contributed by atoms with Crippen LogP contribution in [0.2, 0.25) is 0 Å². The second kappa shape index (κ2) is 14.9. The van der Waals surface area contributed by atoms with E-state index >= 15 is 0 Å². The lowest BCUT2D eigenvalue weighted by Gasteiger charge is -2.06. The highest BCUT2D eigenvalue weighted by Crippen LogP contribution is 2.19. The standard InChI is InChI=1S/C9H10O3S.C7H6OS.C4H7N/c10-5-6-12-8-4-2-1-3-7(8)9(11)13;8-7(9)6-4-2-1-3-5-6;1-4(2)3-5/h1-4,10H,5-6H2,(H,11,13);1-5H,(H,8,9);4H,1-2H3. The van der Waals surface area contributed by atoms with Crippen LogP contribution in [0.25, 0.3) is 0 Å². The lowest BCUT2D eigenvalue weighted by molar-refractivity contribution is 0.108. The molecule has 0 aliphatic rings. The molecule has 0 aliphatic heterocycles. The number of carbonyl (C=O) groups excluding carboxylic acids is 2. The van der Waals surface area contributed by atoms with Crippen LogP contribution >= 0.6 is 25.3 Å². The second-order valence-electron chi connectivity index (χ2n) is 5.33. The van der Waals surface area contributed by atoms with Gasteiger partial charge in [0.15, 0.2) is 0 Å². The lowest BCUT2D eigenvalue weighted by Crippen LogP contribution is -2.04. The first kappa shape index (κ1) is 24.7. The molecule has 2 aromatic carbocycles. The summed E-state index contributed by atoms with van der Waals surface area (Å²) in [6.07, 6.45) is 0. The van der Waals surface area contributed by atoms with Crippen LogP contribution in [0.4, 0.5) is 0 Å². The number of hydrogen-bond donors (Lipinski definition) is 3. The van der Waals surface area contributed by atoms with E-state index < -0.39 is 0 Å². The Morgan fingerprint density at radius 3 is 1.96 bits per heavy atom. The number of rotatable bonds is 5. The number of carbonyl (C=O) groups is 2. The Labute approximate surface area is 170 Å². The van der Waals surface area contributed by atoms with Crippen molar-refractivity contribution in [3.8, 4) is 11.8 Å². The van der Waals surface area contributed by atoms with Gasteiger partial charge in [-0.05, 0) is 26.0 Å². The first-order chi connectivity index (χ1) is 12.8. The third-order valence-corrected chi connectivity index (χ3v) is 3.24. The normalized spacial score (nSPS) is 9.07. The van der Waals surface area contributed by atoms with Gasteiger partial charge in [0.25, 0.3) is 0 Å². The van der Waals surface area contributed by atoms with Crippen LogP contribution < -0.4 is 4.74 Å². The molecule has 0 radical (unpaired) electrons. The van der Waals surface area contributed by atoms with Crippen molar-refractivity contribution in [2.45, 2.75) is 13.8 Å². The van der Waals surface area contributed by atoms with Crippen LogP contribution in [0.5, 0.6) is 5.75 Å². The lowest BCUT2D eigenvalue weighted by atomic mass is 10.2. The number of benzene rings is 2. The number of ether oxygens (including phenoxy) is 1. The van der Waals surface area contributed by atoms with Gasteiger partial charge in [-0.3, -0.25) is 9.59 Å². The fourth-order valence-corrected chi connectivity index (χ4v) is 1.84. The molecule has 0 amide bonds. The number of aliphatic hydroxyl groups is 1. The summed E-state index contributed by atoms with van der Waals surface area (Å²) in [5, 5.41) is 15.9. The first-order valence-corrected chi connectivity index (χ1v) is 8.96. The molecule has 2 aromatic rings. The number of nitrogens with zero attached hydrogens (tertiary/aromatic N) is 1. The van der Waals surface area contributed by atoms with E-state index in [0.29, 0.717) is 16.9 Å². The Bertz CT molecular complexity index is 743. The molecule has 7 heteroatoms. The number of aliphatic hydroxyl groups excluding tert-OH is 1. The van der Waals surface area contributed by atoms with Crippen molar-refractivity contribution in [2.24, 2.45) is 5.92 Å². The summed E-state index contributed by atoms with van der Waals surface area (Å²) in [4.78, 5) is 21.5. The third kappa shape index (κ3) is 11.9. The monoisotopic (exact) mass is 405 g/mol. The van der Waals surface area contributed by atoms with Crippen LogP contribution in [0.15, 0.2) is 54.6 Å². The van der Waals surface area contributed by atoms with Crippen molar-refractivity contribution in [1.29, 1.82) is 5.26 Å². The molecule has 0 aliphatic carbocycles. The highest BCUT2D eigenvalue weighted by molar-refractivity contribution is 7.97. The highest BCUT2D eigenvalue weighted by atomic mass is 32.1. The van der Waals surface area contributed by atoms with Gasteiger partial charge < -0.3 is 9.84 Å². The maximum absolute atomic E-state index is 11.0. The Kier molecular flexibility index (Phi) is 13.6. The van der Waals surface area contributed by atoms with E-state index in [1.807, 2.05) is 38.1 Å². The smallest absolute Gasteiger partial charge is 0.220 e. The summed E-state index contributed by atoms with van der Waals surface area (Å²) in [6.45, 7) is 3.83. The SMILES string of the molecule is CC(C)C#N.O=C(S)c1ccccc1.O=C(S)c1ccccc1OCCO. The van der Waals surface area contributed by atoms with E-state index in [4.69, 9.17) is 15.1 Å². The quantitative estimate of drug-likeness (QED) is 0.653. The molecular formula is C20H23NO4S2. The number of nitriles is 1. The van der Waals surface area contributed by atoms with E-state index in [0.717, 1.165) is 0 Å². The van der Waals surface area contributed by atoms with E-state index in [1.165, 1.54) is 0 Å². The molecule has 27 heavy (non-hydrogen) atoms. The summed E-state index contributed by atoms with van der Waals surface area (Å²) in [7, 11) is 0. The summed E-state index contributed by atoms with van der Waals surface area (Å²) >= 11 is 7.35. The van der Waals surface area contributed by atoms with E-state index in [1.54, 1.807) is 36.4 Å². The van der Waals surface area contributed by atoms with Crippen LogP contribution in [0.3, 0.4) is 0 Å². The van der Waals surface area contributed by atoms with Crippen LogP contribution in [0.1, 0.15) is 34.6 Å². The number of thiol groups is 2. The van der Waals surface area contributed by atoms with Crippen molar-refractivity contribution in [3.63, 3.8) is 0 Å². The largest absolute Gasteiger partial charge is 0.490 e. The van der Waals surface area contributed by atoms with Crippen molar-refractivity contribution >= 4 is 35.5 Å². The van der Waals surface area contributed by atoms with Gasteiger partial charge in [0.1, 0.15) is 12.4 Å². The molecule has 1 N–H and O–H groups in total. The van der Waals surface area contributed by atoms with Crippen LogP contribution in [0, 0.1) is 17.2 Å². The molecule has 0 unspecified atom stereocenters. The molecule has 0 fully saturated rings. The molecule has 0 heterocycles. The number of hydrogen-bond acceptors (Lipinski definition) is 5. The molecule has 5 nitrogen and oxygen atoms in total. The van der Waals surface area contributed by atoms with Gasteiger partial charge in [-0.25, -0.2) is 0 Å². The molecule has 2 rings (SSSR count). The van der Waals surface area contributed by atoms with Gasteiger partial charge in [0, 0.05) is 11.5 Å². The molecule has 0 bridgehead atoms. The summed E-state index contributed by atoms with van der Waals surface area (Å²) < 4.78 is 5.13. The zero-order valence-corrected chi connectivity index (χ0v) is 17.0. The molecular weight excluding hydrogens is 382 g/mol. The van der Waals surface area contributed by atoms with E-state index in [-0.39, 0.29) is 29.4 Å². The molecule has 0 aromatic heterocycles. The molecule has 144 valence electrons. The zero-order chi connectivity index (χ0) is 20.7. The van der Waals surface area contributed by atoms with Gasteiger partial charge in [0.05, 0.1) is 18.2 Å². The minimum absolute atomic E-state index is 0.0743. The Morgan fingerprint density at radius 2 is 1.56 bits per heavy atom. The maximum Gasteiger partial charge on any atom is 0.220 e. The van der Waals surface area contributed by atoms with Gasteiger partial charge in [-0.2, -0.15) is 5.26 Å². The van der Waals surface area contributed by atoms with E-state index in [9.17, 15) is 9.59 Å². The fraction of sp³-hybridized carbons (Fsp3) is 0.250. The Morgan fingerprint density at radius 1 is 1.04 bits per heavy atom. The first-order valence-electron chi connectivity index (χ1n) is 8.07. The molecule has 0 atom stereocenters. The van der Waals surface area contributed by atoms with Gasteiger partial charge in [0.2, 0.25) is 10.2 Å². The number of para-hydroxylation sites is 1. The van der Waals surface area contributed by atoms with Crippen molar-refractivity contribution in [1.82, 2.24) is 0 Å². The summed E-state index contributed by atoms with van der Waals surface area (Å²) in [5.41, 5.74) is 1.06. The van der Waals surface area contributed by atoms with Crippen molar-refractivity contribution in [3.05, 3.63) is 65.7 Å². The average Bonchev–Trinajstić information content (AvgIpc) is 2.68. The topological polar surface area (TPSA) is 87.4 Å². The summed E-state index contributed by atoms with van der Waals surface area (Å²) in [5.74, 6) is 0.645. The predicted octanol–water partition coefficient (Wildman–Crippen LogP) is 4.05. The van der Waals surface area contributed by atoms with Gasteiger partial charge in [-0.1, -0.05) is 42.5 Å². The van der Waals surface area contributed by atoms with Crippen molar-refractivity contribution < 1.29 is 19.4 Å². The molecule has 0 saturated carbocycles. The highest BCUT2D eigenvalue weighted by Gasteiger charge is 2.07. The zero-order valence-electron chi connectivity index (χ0n) is 15.2. The van der Waals surface area contributed by atoms with Crippen molar-refractivity contribution in [2.75, 3.05) is 13.2 Å². The summed E-state index contributed by atoms with van der Waals surface area (Å²) in [6, 6.07) is 17.8. The fourth-order valence-electron chi connectivity index (χ4n) is 1.51. The Hall–Kier alpha value is -2.27. The average molecular weight is 406 g/mol. The third-order valence-electron chi connectivity index (χ3n) is 2.75. The molecule has 0 saturated heterocycles. The van der Waals surface area contributed by atoms with Gasteiger partial charge in [-0.15, -0.1) is 25.3 Å². The second-order valence-corrected chi connectivity index (χ2v) is 6.14. The van der Waals surface area contributed by atoms with Crippen LogP contribution in [-0.2, 0) is 0 Å². The van der Waals surface area contributed by atoms with Crippen LogP contribution in [-0.4, -0.2) is 28.6 Å². The predicted molar refractivity (Wildman–Crippen MR) is 113 cm³/mol. The van der Waals surface area contributed by atoms with Gasteiger partial charge >= 0.3 is 0 Å².